The molecule has 0 unspecified atom stereocenters. The maximum atomic E-state index is 12.2. The quantitative estimate of drug-likeness (QED) is 0.711. The number of likely N-dealkylation sites (N-methyl/N-ethyl adjacent to an activating group) is 1. The lowest BCUT2D eigenvalue weighted by atomic mass is 10.1. The normalized spacial score (nSPS) is 11.8. The lowest BCUT2D eigenvalue weighted by molar-refractivity contribution is -0.122. The summed E-state index contributed by atoms with van der Waals surface area (Å²) in [7, 11) is 1.94. The van der Waals surface area contributed by atoms with Crippen LogP contribution in [0.2, 0.25) is 0 Å². The Morgan fingerprint density at radius 1 is 1.20 bits per heavy atom. The molecular weight excluding hydrogens is 312 g/mol. The number of nitrogens with one attached hydrogen (secondary N) is 1. The molecule has 1 amide bonds. The summed E-state index contributed by atoms with van der Waals surface area (Å²) in [5.74, 6) is 0.838. The first-order valence-corrected chi connectivity index (χ1v) is 8.44. The minimum Gasteiger partial charge on any atom is -0.490 e. The molecule has 0 radical (unpaired) electrons. The van der Waals surface area contributed by atoms with Gasteiger partial charge in [0.1, 0.15) is 12.4 Å². The fraction of sp³-hybridized carbons (Fsp3) is 0.286. The van der Waals surface area contributed by atoms with Crippen molar-refractivity contribution < 1.29 is 9.53 Å². The largest absolute Gasteiger partial charge is 0.490 e. The van der Waals surface area contributed by atoms with E-state index in [2.05, 4.69) is 11.9 Å². The molecule has 4 heteroatoms. The summed E-state index contributed by atoms with van der Waals surface area (Å²) in [6.07, 6.45) is 1.72. The van der Waals surface area contributed by atoms with E-state index in [1.54, 1.807) is 6.08 Å². The third kappa shape index (κ3) is 6.43. The number of benzene rings is 2. The molecule has 0 aliphatic rings. The number of rotatable bonds is 9. The molecule has 2 aromatic carbocycles. The smallest absolute Gasteiger partial charge is 0.234 e. The predicted molar refractivity (Wildman–Crippen MR) is 101 cm³/mol. The fourth-order valence-electron chi connectivity index (χ4n) is 2.57. The minimum atomic E-state index is 0.00314. The molecule has 132 valence electrons. The van der Waals surface area contributed by atoms with Crippen molar-refractivity contribution in [1.82, 2.24) is 10.2 Å². The zero-order chi connectivity index (χ0) is 18.1. The van der Waals surface area contributed by atoms with Gasteiger partial charge in [-0.2, -0.15) is 0 Å². The van der Waals surface area contributed by atoms with Crippen LogP contribution in [0.1, 0.15) is 24.1 Å². The zero-order valence-corrected chi connectivity index (χ0v) is 14.9. The van der Waals surface area contributed by atoms with Crippen molar-refractivity contribution >= 4 is 5.91 Å². The molecule has 0 spiro atoms. The van der Waals surface area contributed by atoms with E-state index >= 15 is 0 Å². The Morgan fingerprint density at radius 3 is 2.52 bits per heavy atom. The highest BCUT2D eigenvalue weighted by molar-refractivity contribution is 5.78. The molecule has 0 aliphatic carbocycles. The number of carbonyl (C=O) groups is 1. The van der Waals surface area contributed by atoms with Crippen LogP contribution < -0.4 is 10.1 Å². The molecule has 2 aromatic rings. The minimum absolute atomic E-state index is 0.00314. The molecular formula is C21H26N2O2. The average molecular weight is 338 g/mol. The first kappa shape index (κ1) is 18.7. The first-order valence-electron chi connectivity index (χ1n) is 8.44. The summed E-state index contributed by atoms with van der Waals surface area (Å²) < 4.78 is 5.47. The maximum absolute atomic E-state index is 12.2. The van der Waals surface area contributed by atoms with E-state index < -0.39 is 0 Å². The number of amides is 1. The maximum Gasteiger partial charge on any atom is 0.234 e. The van der Waals surface area contributed by atoms with Crippen LogP contribution in [-0.2, 0) is 11.3 Å². The Morgan fingerprint density at radius 2 is 1.88 bits per heavy atom. The molecule has 0 heterocycles. The van der Waals surface area contributed by atoms with Gasteiger partial charge in [-0.25, -0.2) is 0 Å². The molecule has 4 nitrogen and oxygen atoms in total. The van der Waals surface area contributed by atoms with Crippen molar-refractivity contribution in [3.8, 4) is 5.75 Å². The van der Waals surface area contributed by atoms with Crippen LogP contribution in [0.3, 0.4) is 0 Å². The highest BCUT2D eigenvalue weighted by Gasteiger charge is 2.11. The highest BCUT2D eigenvalue weighted by Crippen LogP contribution is 2.14. The number of ether oxygens (including phenoxy) is 1. The Balaban J connectivity index is 1.80. The van der Waals surface area contributed by atoms with Gasteiger partial charge in [-0.3, -0.25) is 9.69 Å². The summed E-state index contributed by atoms with van der Waals surface area (Å²) in [5.41, 5.74) is 2.24. The highest BCUT2D eigenvalue weighted by atomic mass is 16.5. The molecule has 1 atom stereocenters. The number of carbonyl (C=O) groups excluding carboxylic acids is 1. The van der Waals surface area contributed by atoms with E-state index in [9.17, 15) is 4.79 Å². The summed E-state index contributed by atoms with van der Waals surface area (Å²) >= 11 is 0. The second kappa shape index (κ2) is 9.64. The lowest BCUT2D eigenvalue weighted by Crippen LogP contribution is -2.36. The van der Waals surface area contributed by atoms with Crippen LogP contribution in [-0.4, -0.2) is 31.0 Å². The van der Waals surface area contributed by atoms with E-state index in [0.29, 0.717) is 19.7 Å². The summed E-state index contributed by atoms with van der Waals surface area (Å²) in [6, 6.07) is 17.9. The monoisotopic (exact) mass is 338 g/mol. The standard InChI is InChI=1S/C21H26N2O2/c1-4-14-25-20-12-10-18(11-13-20)15-23(3)16-21(24)22-17(2)19-8-6-5-7-9-19/h4-13,17H,1,14-16H2,2-3H3,(H,22,24)/t17-/m0/s1. The second-order valence-electron chi connectivity index (χ2n) is 6.12. The Bertz CT molecular complexity index is 668. The molecule has 0 bridgehead atoms. The van der Waals surface area contributed by atoms with Gasteiger partial charge in [0.05, 0.1) is 12.6 Å². The molecule has 2 rings (SSSR count). The molecule has 1 N–H and O–H groups in total. The molecule has 25 heavy (non-hydrogen) atoms. The predicted octanol–water partition coefficient (Wildman–Crippen LogP) is 3.56. The van der Waals surface area contributed by atoms with Gasteiger partial charge in [0.2, 0.25) is 5.91 Å². The van der Waals surface area contributed by atoms with E-state index in [4.69, 9.17) is 4.74 Å². The van der Waals surface area contributed by atoms with Crippen LogP contribution in [0.15, 0.2) is 67.3 Å². The van der Waals surface area contributed by atoms with Crippen LogP contribution in [0, 0.1) is 0 Å². The topological polar surface area (TPSA) is 41.6 Å². The van der Waals surface area contributed by atoms with Crippen LogP contribution in [0.4, 0.5) is 0 Å². The second-order valence-corrected chi connectivity index (χ2v) is 6.12. The van der Waals surface area contributed by atoms with Gasteiger partial charge >= 0.3 is 0 Å². The lowest BCUT2D eigenvalue weighted by Gasteiger charge is -2.19. The van der Waals surface area contributed by atoms with E-state index in [0.717, 1.165) is 16.9 Å². The van der Waals surface area contributed by atoms with E-state index in [-0.39, 0.29) is 11.9 Å². The average Bonchev–Trinajstić information content (AvgIpc) is 2.61. The molecule has 0 aromatic heterocycles. The van der Waals surface area contributed by atoms with Crippen molar-refractivity contribution in [3.63, 3.8) is 0 Å². The van der Waals surface area contributed by atoms with E-state index in [1.165, 1.54) is 0 Å². The van der Waals surface area contributed by atoms with Crippen molar-refractivity contribution in [1.29, 1.82) is 0 Å². The van der Waals surface area contributed by atoms with Crippen molar-refractivity contribution in [2.24, 2.45) is 0 Å². The summed E-state index contributed by atoms with van der Waals surface area (Å²) in [4.78, 5) is 14.2. The van der Waals surface area contributed by atoms with Crippen molar-refractivity contribution in [3.05, 3.63) is 78.4 Å². The fourth-order valence-corrected chi connectivity index (χ4v) is 2.57. The Kier molecular flexibility index (Phi) is 7.23. The third-order valence-corrected chi connectivity index (χ3v) is 3.83. The molecule has 0 saturated carbocycles. The van der Waals surface area contributed by atoms with Crippen molar-refractivity contribution in [2.45, 2.75) is 19.5 Å². The van der Waals surface area contributed by atoms with Crippen LogP contribution >= 0.6 is 0 Å². The zero-order valence-electron chi connectivity index (χ0n) is 14.9. The number of hydrogen-bond donors (Lipinski definition) is 1. The summed E-state index contributed by atoms with van der Waals surface area (Å²) in [6.45, 7) is 7.18. The van der Waals surface area contributed by atoms with Gasteiger partial charge in [0.15, 0.2) is 0 Å². The Hall–Kier alpha value is -2.59. The van der Waals surface area contributed by atoms with Gasteiger partial charge in [-0.1, -0.05) is 55.1 Å². The van der Waals surface area contributed by atoms with Gasteiger partial charge in [-0.05, 0) is 37.2 Å². The van der Waals surface area contributed by atoms with Gasteiger partial charge in [0, 0.05) is 6.54 Å². The Labute approximate surface area is 150 Å². The molecule has 0 fully saturated rings. The van der Waals surface area contributed by atoms with Crippen LogP contribution in [0.25, 0.3) is 0 Å². The SMILES string of the molecule is C=CCOc1ccc(CN(C)CC(=O)N[C@@H](C)c2ccccc2)cc1. The first-order chi connectivity index (χ1) is 12.1. The van der Waals surface area contributed by atoms with E-state index in [1.807, 2.05) is 73.5 Å². The van der Waals surface area contributed by atoms with Gasteiger partial charge in [-0.15, -0.1) is 0 Å². The van der Waals surface area contributed by atoms with Gasteiger partial charge in [0.25, 0.3) is 0 Å². The molecule has 0 saturated heterocycles. The van der Waals surface area contributed by atoms with Gasteiger partial charge < -0.3 is 10.1 Å². The van der Waals surface area contributed by atoms with Crippen molar-refractivity contribution in [2.75, 3.05) is 20.2 Å². The van der Waals surface area contributed by atoms with Crippen LogP contribution in [0.5, 0.6) is 5.75 Å². The summed E-state index contributed by atoms with van der Waals surface area (Å²) in [5, 5.41) is 3.04. The third-order valence-electron chi connectivity index (χ3n) is 3.83. The molecule has 0 aliphatic heterocycles. The number of nitrogens with zero attached hydrogens (tertiary/aromatic N) is 1. The number of hydrogen-bond acceptors (Lipinski definition) is 3.